The van der Waals surface area contributed by atoms with Gasteiger partial charge >= 0.3 is 6.09 Å². The topological polar surface area (TPSA) is 58.6 Å². The van der Waals surface area contributed by atoms with Crippen molar-refractivity contribution in [1.29, 1.82) is 0 Å². The Kier molecular flexibility index (Phi) is 4.34. The molecule has 2 amide bonds. The molecule has 1 saturated heterocycles. The Morgan fingerprint density at radius 2 is 2.25 bits per heavy atom. The van der Waals surface area contributed by atoms with E-state index in [4.69, 9.17) is 4.74 Å². The molecule has 0 unspecified atom stereocenters. The van der Waals surface area contributed by atoms with Gasteiger partial charge in [-0.2, -0.15) is 0 Å². The summed E-state index contributed by atoms with van der Waals surface area (Å²) in [6.45, 7) is 8.64. The predicted octanol–water partition coefficient (Wildman–Crippen LogP) is 0.765. The van der Waals surface area contributed by atoms with E-state index < -0.39 is 0 Å². The Labute approximate surface area is 95.4 Å². The van der Waals surface area contributed by atoms with E-state index in [0.29, 0.717) is 19.7 Å². The molecular weight excluding hydrogens is 208 g/mol. The van der Waals surface area contributed by atoms with Gasteiger partial charge in [0.2, 0.25) is 5.91 Å². The van der Waals surface area contributed by atoms with Crippen molar-refractivity contribution >= 4 is 12.0 Å². The van der Waals surface area contributed by atoms with E-state index in [1.807, 2.05) is 6.92 Å². The highest BCUT2D eigenvalue weighted by molar-refractivity contribution is 5.87. The third kappa shape index (κ3) is 2.98. The van der Waals surface area contributed by atoms with Crippen LogP contribution in [0.3, 0.4) is 0 Å². The van der Waals surface area contributed by atoms with Crippen molar-refractivity contribution in [2.24, 2.45) is 5.92 Å². The highest BCUT2D eigenvalue weighted by Gasteiger charge is 2.33. The highest BCUT2D eigenvalue weighted by Crippen LogP contribution is 2.17. The van der Waals surface area contributed by atoms with Crippen LogP contribution in [-0.4, -0.2) is 42.6 Å². The smallest absolute Gasteiger partial charge is 0.409 e. The van der Waals surface area contributed by atoms with Crippen molar-refractivity contribution < 1.29 is 14.3 Å². The summed E-state index contributed by atoms with van der Waals surface area (Å²) in [6.07, 6.45) is 0.921. The lowest BCUT2D eigenvalue weighted by Gasteiger charge is -2.16. The molecule has 0 aromatic rings. The monoisotopic (exact) mass is 226 g/mol. The first kappa shape index (κ1) is 12.5. The van der Waals surface area contributed by atoms with Crippen molar-refractivity contribution in [3.05, 3.63) is 12.7 Å². The summed E-state index contributed by atoms with van der Waals surface area (Å²) in [4.78, 5) is 24.2. The Bertz CT molecular complexity index is 291. The molecule has 16 heavy (non-hydrogen) atoms. The van der Waals surface area contributed by atoms with E-state index in [1.165, 1.54) is 6.08 Å². The summed E-state index contributed by atoms with van der Waals surface area (Å²) in [6, 6.07) is -0.0186. The molecule has 5 nitrogen and oxygen atoms in total. The zero-order valence-corrected chi connectivity index (χ0v) is 9.73. The lowest BCUT2D eigenvalue weighted by Crippen LogP contribution is -2.39. The zero-order valence-electron chi connectivity index (χ0n) is 9.73. The Hall–Kier alpha value is -1.52. The molecule has 1 rings (SSSR count). The molecule has 90 valence electrons. The number of hydrogen-bond acceptors (Lipinski definition) is 3. The molecule has 1 aliphatic heterocycles. The highest BCUT2D eigenvalue weighted by atomic mass is 16.6. The second-order valence-electron chi connectivity index (χ2n) is 3.90. The number of amides is 2. The number of likely N-dealkylation sites (tertiary alicyclic amines) is 1. The summed E-state index contributed by atoms with van der Waals surface area (Å²) < 4.78 is 4.91. The number of rotatable bonds is 3. The molecule has 0 saturated carbocycles. The van der Waals surface area contributed by atoms with Crippen molar-refractivity contribution in [1.82, 2.24) is 10.2 Å². The maximum atomic E-state index is 11.5. The van der Waals surface area contributed by atoms with Gasteiger partial charge in [0.25, 0.3) is 0 Å². The standard InChI is InChI=1S/C11H18N2O3/c1-4-10(14)12-9-7-13(6-8(9)3)11(15)16-5-2/h4,8-9H,1,5-7H2,2-3H3,(H,12,14)/t8-,9+/m1/s1. The fourth-order valence-electron chi connectivity index (χ4n) is 1.76. The Balaban J connectivity index is 2.49. The van der Waals surface area contributed by atoms with Crippen molar-refractivity contribution in [2.75, 3.05) is 19.7 Å². The van der Waals surface area contributed by atoms with Gasteiger partial charge < -0.3 is 15.0 Å². The number of ether oxygens (including phenoxy) is 1. The third-order valence-corrected chi connectivity index (χ3v) is 2.65. The lowest BCUT2D eigenvalue weighted by molar-refractivity contribution is -0.117. The minimum absolute atomic E-state index is 0.0186. The van der Waals surface area contributed by atoms with Crippen LogP contribution in [0, 0.1) is 5.92 Å². The fraction of sp³-hybridized carbons (Fsp3) is 0.636. The van der Waals surface area contributed by atoms with E-state index in [1.54, 1.807) is 11.8 Å². The van der Waals surface area contributed by atoms with Crippen molar-refractivity contribution in [2.45, 2.75) is 19.9 Å². The number of nitrogens with zero attached hydrogens (tertiary/aromatic N) is 1. The van der Waals surface area contributed by atoms with Crippen molar-refractivity contribution in [3.8, 4) is 0 Å². The van der Waals surface area contributed by atoms with Gasteiger partial charge in [0.05, 0.1) is 12.6 Å². The van der Waals surface area contributed by atoms with Gasteiger partial charge in [-0.15, -0.1) is 0 Å². The summed E-state index contributed by atoms with van der Waals surface area (Å²) >= 11 is 0. The summed E-state index contributed by atoms with van der Waals surface area (Å²) in [5, 5.41) is 2.80. The second-order valence-corrected chi connectivity index (χ2v) is 3.90. The van der Waals surface area contributed by atoms with Crippen LogP contribution in [0.15, 0.2) is 12.7 Å². The number of carbonyl (C=O) groups is 2. The maximum absolute atomic E-state index is 11.5. The molecule has 1 heterocycles. The lowest BCUT2D eigenvalue weighted by atomic mass is 10.1. The predicted molar refractivity (Wildman–Crippen MR) is 59.9 cm³/mol. The third-order valence-electron chi connectivity index (χ3n) is 2.65. The molecule has 1 N–H and O–H groups in total. The Morgan fingerprint density at radius 3 is 2.81 bits per heavy atom. The molecule has 0 spiro atoms. The van der Waals surface area contributed by atoms with Gasteiger partial charge in [0.1, 0.15) is 0 Å². The van der Waals surface area contributed by atoms with Crippen LogP contribution in [0.2, 0.25) is 0 Å². The van der Waals surface area contributed by atoms with Gasteiger partial charge in [0.15, 0.2) is 0 Å². The SMILES string of the molecule is C=CC(=O)N[C@H]1CN(C(=O)OCC)C[C@H]1C. The second kappa shape index (κ2) is 5.53. The van der Waals surface area contributed by atoms with Gasteiger partial charge in [-0.1, -0.05) is 13.5 Å². The minimum Gasteiger partial charge on any atom is -0.450 e. The van der Waals surface area contributed by atoms with Crippen molar-refractivity contribution in [3.63, 3.8) is 0 Å². The van der Waals surface area contributed by atoms with E-state index in [-0.39, 0.29) is 24.0 Å². The van der Waals surface area contributed by atoms with Crippen LogP contribution in [-0.2, 0) is 9.53 Å². The summed E-state index contributed by atoms with van der Waals surface area (Å²) in [7, 11) is 0. The number of carbonyl (C=O) groups excluding carboxylic acids is 2. The van der Waals surface area contributed by atoms with Gasteiger partial charge in [-0.3, -0.25) is 4.79 Å². The van der Waals surface area contributed by atoms with Gasteiger partial charge in [0, 0.05) is 13.1 Å². The minimum atomic E-state index is -0.315. The number of nitrogens with one attached hydrogen (secondary N) is 1. The van der Waals surface area contributed by atoms with E-state index in [0.717, 1.165) is 0 Å². The van der Waals surface area contributed by atoms with E-state index in [2.05, 4.69) is 11.9 Å². The van der Waals surface area contributed by atoms with Crippen LogP contribution < -0.4 is 5.32 Å². The first-order valence-corrected chi connectivity index (χ1v) is 5.43. The first-order valence-electron chi connectivity index (χ1n) is 5.43. The number of hydrogen-bond donors (Lipinski definition) is 1. The van der Waals surface area contributed by atoms with E-state index in [9.17, 15) is 9.59 Å². The van der Waals surface area contributed by atoms with Crippen LogP contribution in [0.25, 0.3) is 0 Å². The van der Waals surface area contributed by atoms with Crippen LogP contribution in [0.4, 0.5) is 4.79 Å². The molecule has 1 aliphatic rings. The molecule has 0 aliphatic carbocycles. The van der Waals surface area contributed by atoms with Crippen LogP contribution in [0.1, 0.15) is 13.8 Å². The first-order chi connectivity index (χ1) is 7.58. The normalized spacial score (nSPS) is 24.0. The molecule has 0 aromatic carbocycles. The largest absolute Gasteiger partial charge is 0.450 e. The summed E-state index contributed by atoms with van der Waals surface area (Å²) in [5.41, 5.74) is 0. The van der Waals surface area contributed by atoms with Gasteiger partial charge in [-0.25, -0.2) is 4.79 Å². The zero-order chi connectivity index (χ0) is 12.1. The van der Waals surface area contributed by atoms with E-state index >= 15 is 0 Å². The average molecular weight is 226 g/mol. The Morgan fingerprint density at radius 1 is 1.56 bits per heavy atom. The van der Waals surface area contributed by atoms with Gasteiger partial charge in [-0.05, 0) is 18.9 Å². The molecule has 0 radical (unpaired) electrons. The molecule has 1 fully saturated rings. The maximum Gasteiger partial charge on any atom is 0.409 e. The quantitative estimate of drug-likeness (QED) is 0.723. The van der Waals surface area contributed by atoms with Crippen LogP contribution >= 0.6 is 0 Å². The van der Waals surface area contributed by atoms with Crippen LogP contribution in [0.5, 0.6) is 0 Å². The molecule has 5 heteroatoms. The molecule has 0 aromatic heterocycles. The molecular formula is C11H18N2O3. The molecule has 2 atom stereocenters. The molecule has 0 bridgehead atoms. The average Bonchev–Trinajstić information content (AvgIpc) is 2.61. The summed E-state index contributed by atoms with van der Waals surface area (Å²) in [5.74, 6) is 0.0239. The fourth-order valence-corrected chi connectivity index (χ4v) is 1.76.